The molecule has 15 heavy (non-hydrogen) atoms. The normalized spacial score (nSPS) is 50.1. The first-order valence-corrected chi connectivity index (χ1v) is 6.28. The second kappa shape index (κ2) is 2.67. The Balaban J connectivity index is 1.63. The van der Waals surface area contributed by atoms with Gasteiger partial charge < -0.3 is 9.47 Å². The van der Waals surface area contributed by atoms with Gasteiger partial charge in [0.1, 0.15) is 0 Å². The zero-order chi connectivity index (χ0) is 9.93. The van der Waals surface area contributed by atoms with Crippen molar-refractivity contribution in [3.8, 4) is 0 Å². The Kier molecular flexibility index (Phi) is 1.56. The Bertz CT molecular complexity index is 316. The van der Waals surface area contributed by atoms with Gasteiger partial charge in [-0.3, -0.25) is 0 Å². The van der Waals surface area contributed by atoms with E-state index in [0.29, 0.717) is 17.6 Å². The van der Waals surface area contributed by atoms with Crippen LogP contribution in [0.25, 0.3) is 0 Å². The molecule has 4 aliphatic rings. The van der Waals surface area contributed by atoms with E-state index in [-0.39, 0.29) is 5.60 Å². The predicted molar refractivity (Wildman–Crippen MR) is 56.6 cm³/mol. The first kappa shape index (κ1) is 8.77. The quantitative estimate of drug-likeness (QED) is 0.567. The van der Waals surface area contributed by atoms with Crippen LogP contribution in [-0.2, 0) is 9.47 Å². The van der Waals surface area contributed by atoms with Gasteiger partial charge in [0.15, 0.2) is 0 Å². The standard InChI is InChI=1S/C13H18O2/c1-2-6-13(5-1)8-12(9-14-13)7-10-3-4-11(12)15-10/h3-4,10-11H,1-2,5-9H2. The Morgan fingerprint density at radius 3 is 2.67 bits per heavy atom. The van der Waals surface area contributed by atoms with Gasteiger partial charge in [-0.1, -0.05) is 25.0 Å². The molecule has 0 amide bonds. The van der Waals surface area contributed by atoms with Crippen molar-refractivity contribution in [2.45, 2.75) is 56.3 Å². The lowest BCUT2D eigenvalue weighted by Crippen LogP contribution is -2.32. The minimum atomic E-state index is 0.252. The van der Waals surface area contributed by atoms with Crippen LogP contribution >= 0.6 is 0 Å². The van der Waals surface area contributed by atoms with Gasteiger partial charge in [0.25, 0.3) is 0 Å². The number of hydrogen-bond acceptors (Lipinski definition) is 2. The summed E-state index contributed by atoms with van der Waals surface area (Å²) < 4.78 is 12.1. The third kappa shape index (κ3) is 1.07. The molecule has 82 valence electrons. The summed E-state index contributed by atoms with van der Waals surface area (Å²) in [5.41, 5.74) is 0.603. The monoisotopic (exact) mass is 206 g/mol. The number of rotatable bonds is 0. The van der Waals surface area contributed by atoms with Gasteiger partial charge >= 0.3 is 0 Å². The van der Waals surface area contributed by atoms with Gasteiger partial charge in [-0.25, -0.2) is 0 Å². The number of fused-ring (bicyclic) bond motifs is 3. The lowest BCUT2D eigenvalue weighted by atomic mass is 9.72. The summed E-state index contributed by atoms with van der Waals surface area (Å²) in [5, 5.41) is 0. The molecule has 2 nitrogen and oxygen atoms in total. The first-order chi connectivity index (χ1) is 7.30. The van der Waals surface area contributed by atoms with Crippen molar-refractivity contribution in [2.24, 2.45) is 5.41 Å². The molecule has 0 aromatic heterocycles. The third-order valence-corrected chi connectivity index (χ3v) is 4.89. The largest absolute Gasteiger partial charge is 0.374 e. The molecule has 0 radical (unpaired) electrons. The SMILES string of the molecule is C1=CC2OC1CC21COC2(CCCC2)C1. The molecule has 2 saturated heterocycles. The highest BCUT2D eigenvalue weighted by Gasteiger charge is 2.58. The maximum Gasteiger partial charge on any atom is 0.0845 e. The zero-order valence-corrected chi connectivity index (χ0v) is 9.08. The van der Waals surface area contributed by atoms with Crippen molar-refractivity contribution >= 4 is 0 Å². The van der Waals surface area contributed by atoms with E-state index < -0.39 is 0 Å². The van der Waals surface area contributed by atoms with E-state index in [1.807, 2.05) is 0 Å². The molecule has 3 fully saturated rings. The predicted octanol–water partition coefficient (Wildman–Crippen LogP) is 2.43. The highest BCUT2D eigenvalue weighted by molar-refractivity contribution is 5.20. The Morgan fingerprint density at radius 1 is 1.13 bits per heavy atom. The first-order valence-electron chi connectivity index (χ1n) is 6.28. The maximum atomic E-state index is 6.18. The zero-order valence-electron chi connectivity index (χ0n) is 9.08. The van der Waals surface area contributed by atoms with Gasteiger partial charge in [0.05, 0.1) is 24.4 Å². The summed E-state index contributed by atoms with van der Waals surface area (Å²) in [7, 11) is 0. The van der Waals surface area contributed by atoms with Crippen molar-refractivity contribution < 1.29 is 9.47 Å². The van der Waals surface area contributed by atoms with Gasteiger partial charge in [0.2, 0.25) is 0 Å². The van der Waals surface area contributed by atoms with Gasteiger partial charge in [-0.05, 0) is 25.7 Å². The van der Waals surface area contributed by atoms with Crippen molar-refractivity contribution in [1.29, 1.82) is 0 Å². The van der Waals surface area contributed by atoms with Crippen LogP contribution in [0.1, 0.15) is 38.5 Å². The highest BCUT2D eigenvalue weighted by Crippen LogP contribution is 2.57. The molecule has 1 aliphatic carbocycles. The molecule has 0 aromatic rings. The van der Waals surface area contributed by atoms with Crippen LogP contribution in [0.3, 0.4) is 0 Å². The minimum absolute atomic E-state index is 0.252. The summed E-state index contributed by atoms with van der Waals surface area (Å²) >= 11 is 0. The minimum Gasteiger partial charge on any atom is -0.374 e. The fourth-order valence-electron chi connectivity index (χ4n) is 4.18. The molecule has 3 atom stereocenters. The summed E-state index contributed by atoms with van der Waals surface area (Å²) in [6.45, 7) is 0.943. The molecule has 2 spiro atoms. The van der Waals surface area contributed by atoms with Gasteiger partial charge in [-0.2, -0.15) is 0 Å². The molecular formula is C13H18O2. The van der Waals surface area contributed by atoms with Crippen LogP contribution in [0.5, 0.6) is 0 Å². The Hall–Kier alpha value is -0.340. The molecule has 2 bridgehead atoms. The highest BCUT2D eigenvalue weighted by atomic mass is 16.5. The van der Waals surface area contributed by atoms with E-state index in [4.69, 9.17) is 9.47 Å². The average molecular weight is 206 g/mol. The van der Waals surface area contributed by atoms with E-state index in [1.54, 1.807) is 0 Å². The Morgan fingerprint density at radius 2 is 2.00 bits per heavy atom. The van der Waals surface area contributed by atoms with Crippen molar-refractivity contribution in [2.75, 3.05) is 6.61 Å². The van der Waals surface area contributed by atoms with E-state index >= 15 is 0 Å². The molecule has 1 saturated carbocycles. The van der Waals surface area contributed by atoms with Crippen LogP contribution in [0.4, 0.5) is 0 Å². The smallest absolute Gasteiger partial charge is 0.0845 e. The Labute approximate surface area is 90.6 Å². The van der Waals surface area contributed by atoms with Gasteiger partial charge in [-0.15, -0.1) is 0 Å². The summed E-state index contributed by atoms with van der Waals surface area (Å²) in [4.78, 5) is 0. The lowest BCUT2D eigenvalue weighted by molar-refractivity contribution is 0.00454. The van der Waals surface area contributed by atoms with E-state index in [1.165, 1.54) is 38.5 Å². The molecule has 3 heterocycles. The number of hydrogen-bond donors (Lipinski definition) is 0. The lowest BCUT2D eigenvalue weighted by Gasteiger charge is -2.28. The number of ether oxygens (including phenoxy) is 2. The van der Waals surface area contributed by atoms with E-state index in [2.05, 4.69) is 12.2 Å². The molecule has 4 rings (SSSR count). The molecule has 0 N–H and O–H groups in total. The fourth-order valence-corrected chi connectivity index (χ4v) is 4.18. The van der Waals surface area contributed by atoms with Crippen LogP contribution < -0.4 is 0 Å². The van der Waals surface area contributed by atoms with Crippen molar-refractivity contribution in [3.63, 3.8) is 0 Å². The summed E-state index contributed by atoms with van der Waals surface area (Å²) in [6.07, 6.45) is 13.0. The average Bonchev–Trinajstić information content (AvgIpc) is 2.94. The molecule has 3 unspecified atom stereocenters. The second-order valence-electron chi connectivity index (χ2n) is 5.90. The van der Waals surface area contributed by atoms with Crippen molar-refractivity contribution in [3.05, 3.63) is 12.2 Å². The maximum absolute atomic E-state index is 6.18. The van der Waals surface area contributed by atoms with Crippen LogP contribution in [0, 0.1) is 5.41 Å². The third-order valence-electron chi connectivity index (χ3n) is 4.89. The topological polar surface area (TPSA) is 18.5 Å². The molecular weight excluding hydrogens is 188 g/mol. The summed E-state index contributed by atoms with van der Waals surface area (Å²) in [5.74, 6) is 0. The molecule has 3 aliphatic heterocycles. The van der Waals surface area contributed by atoms with Gasteiger partial charge in [0, 0.05) is 5.41 Å². The molecule has 2 heteroatoms. The van der Waals surface area contributed by atoms with E-state index in [9.17, 15) is 0 Å². The second-order valence-corrected chi connectivity index (χ2v) is 5.90. The fraction of sp³-hybridized carbons (Fsp3) is 0.846. The summed E-state index contributed by atoms with van der Waals surface area (Å²) in [6, 6.07) is 0. The van der Waals surface area contributed by atoms with Crippen LogP contribution in [0.15, 0.2) is 12.2 Å². The molecule has 0 aromatic carbocycles. The van der Waals surface area contributed by atoms with E-state index in [0.717, 1.165) is 6.61 Å². The van der Waals surface area contributed by atoms with Crippen molar-refractivity contribution in [1.82, 2.24) is 0 Å². The van der Waals surface area contributed by atoms with Crippen LogP contribution in [0.2, 0.25) is 0 Å². The van der Waals surface area contributed by atoms with Crippen LogP contribution in [-0.4, -0.2) is 24.4 Å².